The molecule has 3 heterocycles. The van der Waals surface area contributed by atoms with Crippen LogP contribution in [-0.2, 0) is 9.53 Å². The molecule has 1 unspecified atom stereocenters. The van der Waals surface area contributed by atoms with Crippen molar-refractivity contribution >= 4 is 40.5 Å². The van der Waals surface area contributed by atoms with Crippen LogP contribution in [0.1, 0.15) is 42.5 Å². The maximum Gasteiger partial charge on any atom is 0.338 e. The van der Waals surface area contributed by atoms with Crippen molar-refractivity contribution in [3.63, 3.8) is 0 Å². The normalized spacial score (nSPS) is 16.7. The Bertz CT molecular complexity index is 1930. The highest BCUT2D eigenvalue weighted by molar-refractivity contribution is 7.07. The second kappa shape index (κ2) is 11.8. The average Bonchev–Trinajstić information content (AvgIpc) is 3.65. The molecule has 9 nitrogen and oxygen atoms in total. The zero-order chi connectivity index (χ0) is 30.1. The minimum Gasteiger partial charge on any atom is -0.463 e. The third-order valence-electron chi connectivity index (χ3n) is 7.51. The van der Waals surface area contributed by atoms with Gasteiger partial charge in [-0.15, -0.1) is 0 Å². The molecule has 0 amide bonds. The third-order valence-corrected chi connectivity index (χ3v) is 8.50. The van der Waals surface area contributed by atoms with Crippen molar-refractivity contribution in [2.45, 2.75) is 25.8 Å². The molecule has 1 saturated heterocycles. The number of nitro benzene ring substituents is 1. The Hall–Kier alpha value is -4.90. The molecule has 0 N–H and O–H groups in total. The van der Waals surface area contributed by atoms with Crippen LogP contribution in [0.5, 0.6) is 0 Å². The van der Waals surface area contributed by atoms with Gasteiger partial charge in [-0.3, -0.25) is 19.5 Å². The molecular weight excluding hydrogens is 571 g/mol. The van der Waals surface area contributed by atoms with Crippen LogP contribution < -0.4 is 19.8 Å². The van der Waals surface area contributed by atoms with Gasteiger partial charge in [0.1, 0.15) is 5.82 Å². The molecule has 4 aromatic rings. The molecular formula is C32H27FN4O5S. The van der Waals surface area contributed by atoms with E-state index >= 15 is 0 Å². The SMILES string of the molecule is CCOC(=O)C1=C(c2ccccc2)N=c2s/c(=C/c3cc([N+](=O)[O-])ccc3N3CCCC3)c(=O)n2C1c1ccc(F)cc1. The van der Waals surface area contributed by atoms with Gasteiger partial charge in [-0.05, 0) is 49.6 Å². The summed E-state index contributed by atoms with van der Waals surface area (Å²) >= 11 is 1.13. The number of hydrogen-bond donors (Lipinski definition) is 0. The Morgan fingerprint density at radius 1 is 1.12 bits per heavy atom. The number of ether oxygens (including phenoxy) is 1. The fraction of sp³-hybridized carbons (Fsp3) is 0.219. The van der Waals surface area contributed by atoms with E-state index in [1.54, 1.807) is 19.1 Å². The molecule has 0 aliphatic carbocycles. The van der Waals surface area contributed by atoms with Gasteiger partial charge in [-0.1, -0.05) is 53.8 Å². The van der Waals surface area contributed by atoms with E-state index in [0.29, 0.717) is 31.7 Å². The minimum atomic E-state index is -0.948. The van der Waals surface area contributed by atoms with Crippen LogP contribution >= 0.6 is 11.3 Å². The van der Waals surface area contributed by atoms with Gasteiger partial charge in [0.15, 0.2) is 4.80 Å². The lowest BCUT2D eigenvalue weighted by atomic mass is 9.93. The molecule has 1 fully saturated rings. The predicted octanol–water partition coefficient (Wildman–Crippen LogP) is 4.58. The lowest BCUT2D eigenvalue weighted by molar-refractivity contribution is -0.384. The van der Waals surface area contributed by atoms with Crippen LogP contribution in [0, 0.1) is 15.9 Å². The average molecular weight is 599 g/mol. The lowest BCUT2D eigenvalue weighted by Gasteiger charge is -2.25. The van der Waals surface area contributed by atoms with Crippen molar-refractivity contribution in [2.24, 2.45) is 4.99 Å². The molecule has 1 atom stereocenters. The summed E-state index contributed by atoms with van der Waals surface area (Å²) in [5.41, 5.74) is 2.53. The molecule has 2 aliphatic heterocycles. The van der Waals surface area contributed by atoms with E-state index in [-0.39, 0.29) is 17.9 Å². The number of carbonyl (C=O) groups excluding carboxylic acids is 1. The summed E-state index contributed by atoms with van der Waals surface area (Å²) in [5.74, 6) is -1.09. The number of aromatic nitrogens is 1. The number of nitrogens with zero attached hydrogens (tertiary/aromatic N) is 4. The zero-order valence-corrected chi connectivity index (χ0v) is 24.1. The van der Waals surface area contributed by atoms with Gasteiger partial charge in [0, 0.05) is 42.0 Å². The number of carbonyl (C=O) groups is 1. The van der Waals surface area contributed by atoms with Crippen molar-refractivity contribution in [3.8, 4) is 0 Å². The monoisotopic (exact) mass is 598 g/mol. The number of thiazole rings is 1. The van der Waals surface area contributed by atoms with Crippen molar-refractivity contribution in [1.82, 2.24) is 4.57 Å². The van der Waals surface area contributed by atoms with E-state index in [0.717, 1.165) is 43.0 Å². The number of esters is 1. The Morgan fingerprint density at radius 3 is 2.51 bits per heavy atom. The number of non-ortho nitro benzene ring substituents is 1. The first kappa shape index (κ1) is 28.2. The van der Waals surface area contributed by atoms with E-state index in [9.17, 15) is 24.1 Å². The molecule has 218 valence electrons. The second-order valence-corrected chi connectivity index (χ2v) is 11.2. The molecule has 0 bridgehead atoms. The van der Waals surface area contributed by atoms with E-state index < -0.39 is 28.3 Å². The molecule has 3 aromatic carbocycles. The van der Waals surface area contributed by atoms with E-state index in [4.69, 9.17) is 9.73 Å². The molecule has 2 aliphatic rings. The number of halogens is 1. The molecule has 0 radical (unpaired) electrons. The smallest absolute Gasteiger partial charge is 0.338 e. The van der Waals surface area contributed by atoms with Crippen molar-refractivity contribution in [2.75, 3.05) is 24.6 Å². The van der Waals surface area contributed by atoms with Gasteiger partial charge in [0.2, 0.25) is 0 Å². The quantitative estimate of drug-likeness (QED) is 0.175. The van der Waals surface area contributed by atoms with Crippen LogP contribution in [0.25, 0.3) is 11.8 Å². The lowest BCUT2D eigenvalue weighted by Crippen LogP contribution is -2.40. The summed E-state index contributed by atoms with van der Waals surface area (Å²) in [6.07, 6.45) is 3.67. The first-order valence-corrected chi connectivity index (χ1v) is 14.7. The summed E-state index contributed by atoms with van der Waals surface area (Å²) in [6.45, 7) is 3.43. The standard InChI is InChI=1S/C32H27FN4O5S/c1-2-42-31(39)27-28(20-8-4-3-5-9-20)34-32-36(29(27)21-10-12-23(33)13-11-21)30(38)26(43-32)19-22-18-24(37(40)41)14-15-25(22)35-16-6-7-17-35/h3-5,8-15,18-19,29H,2,6-7,16-17H2,1H3/b26-19+. The first-order chi connectivity index (χ1) is 20.9. The van der Waals surface area contributed by atoms with Crippen LogP contribution in [0.4, 0.5) is 15.8 Å². The Morgan fingerprint density at radius 2 is 1.84 bits per heavy atom. The highest BCUT2D eigenvalue weighted by atomic mass is 32.1. The summed E-state index contributed by atoms with van der Waals surface area (Å²) in [5, 5.41) is 11.6. The van der Waals surface area contributed by atoms with E-state index in [1.165, 1.54) is 41.0 Å². The van der Waals surface area contributed by atoms with Crippen LogP contribution in [0.2, 0.25) is 0 Å². The summed E-state index contributed by atoms with van der Waals surface area (Å²) in [4.78, 5) is 46.2. The van der Waals surface area contributed by atoms with Crippen molar-refractivity contribution in [3.05, 3.63) is 131 Å². The molecule has 0 spiro atoms. The van der Waals surface area contributed by atoms with Crippen molar-refractivity contribution in [1.29, 1.82) is 0 Å². The van der Waals surface area contributed by atoms with Gasteiger partial charge in [0.25, 0.3) is 11.2 Å². The molecule has 0 saturated carbocycles. The fourth-order valence-electron chi connectivity index (χ4n) is 5.56. The molecule has 1 aromatic heterocycles. The first-order valence-electron chi connectivity index (χ1n) is 13.9. The summed E-state index contributed by atoms with van der Waals surface area (Å²) in [7, 11) is 0. The summed E-state index contributed by atoms with van der Waals surface area (Å²) in [6, 6.07) is 18.5. The highest BCUT2D eigenvalue weighted by Gasteiger charge is 2.35. The van der Waals surface area contributed by atoms with Gasteiger partial charge in [-0.25, -0.2) is 14.2 Å². The van der Waals surface area contributed by atoms with Crippen LogP contribution in [0.3, 0.4) is 0 Å². The maximum atomic E-state index is 14.2. The topological polar surface area (TPSA) is 107 Å². The van der Waals surface area contributed by atoms with E-state index in [1.807, 2.05) is 30.3 Å². The molecule has 11 heteroatoms. The number of anilines is 1. The predicted molar refractivity (Wildman–Crippen MR) is 162 cm³/mol. The third kappa shape index (κ3) is 5.39. The minimum absolute atomic E-state index is 0.0814. The highest BCUT2D eigenvalue weighted by Crippen LogP contribution is 2.35. The van der Waals surface area contributed by atoms with Gasteiger partial charge in [0.05, 0.1) is 33.4 Å². The number of nitro groups is 1. The Balaban J connectivity index is 1.63. The summed E-state index contributed by atoms with van der Waals surface area (Å²) < 4.78 is 21.2. The zero-order valence-electron chi connectivity index (χ0n) is 23.2. The van der Waals surface area contributed by atoms with Crippen LogP contribution in [-0.4, -0.2) is 35.2 Å². The Labute approximate surface area is 249 Å². The van der Waals surface area contributed by atoms with Gasteiger partial charge in [-0.2, -0.15) is 0 Å². The molecule has 6 rings (SSSR count). The number of hydrogen-bond acceptors (Lipinski definition) is 8. The van der Waals surface area contributed by atoms with Crippen molar-refractivity contribution < 1.29 is 18.8 Å². The molecule has 43 heavy (non-hydrogen) atoms. The van der Waals surface area contributed by atoms with Gasteiger partial charge >= 0.3 is 5.97 Å². The number of benzene rings is 3. The van der Waals surface area contributed by atoms with Crippen LogP contribution in [0.15, 0.2) is 88.2 Å². The van der Waals surface area contributed by atoms with E-state index in [2.05, 4.69) is 4.90 Å². The number of fused-ring (bicyclic) bond motifs is 1. The van der Waals surface area contributed by atoms with Gasteiger partial charge < -0.3 is 9.64 Å². The second-order valence-electron chi connectivity index (χ2n) is 10.2. The fourth-order valence-corrected chi connectivity index (χ4v) is 6.55. The number of rotatable bonds is 7. The maximum absolute atomic E-state index is 14.2. The largest absolute Gasteiger partial charge is 0.463 e. The Kier molecular flexibility index (Phi) is 7.73.